The van der Waals surface area contributed by atoms with Gasteiger partial charge in [0.2, 0.25) is 0 Å². The molecule has 2 amide bonds. The van der Waals surface area contributed by atoms with Crippen LogP contribution in [0.2, 0.25) is 0 Å². The first-order valence-electron chi connectivity index (χ1n) is 6.89. The highest BCUT2D eigenvalue weighted by Gasteiger charge is 2.39. The van der Waals surface area contributed by atoms with Gasteiger partial charge in [0.05, 0.1) is 13.2 Å². The molecule has 2 unspecified atom stereocenters. The Morgan fingerprint density at radius 1 is 1.29 bits per heavy atom. The molecule has 1 heterocycles. The average Bonchev–Trinajstić information content (AvgIpc) is 2.89. The molecule has 1 aromatic rings. The lowest BCUT2D eigenvalue weighted by Gasteiger charge is -2.22. The number of halogens is 3. The average molecular weight is 348 g/mol. The van der Waals surface area contributed by atoms with Crippen LogP contribution in [0.25, 0.3) is 0 Å². The maximum atomic E-state index is 12.2. The number of β-amino-alcohol motifs (C(OH)–C–C–N with tert-alkyl or cyclic N) is 1. The third-order valence-corrected chi connectivity index (χ3v) is 3.35. The number of urea groups is 1. The van der Waals surface area contributed by atoms with Gasteiger partial charge in [0.15, 0.2) is 0 Å². The number of nitrogens with one attached hydrogen (secondary N) is 1. The van der Waals surface area contributed by atoms with Crippen molar-refractivity contribution in [2.24, 2.45) is 0 Å². The number of aliphatic hydroxyl groups is 1. The van der Waals surface area contributed by atoms with Crippen LogP contribution in [0.5, 0.6) is 5.75 Å². The van der Waals surface area contributed by atoms with E-state index in [0.29, 0.717) is 0 Å². The van der Waals surface area contributed by atoms with Gasteiger partial charge in [-0.05, 0) is 24.3 Å². The third-order valence-electron chi connectivity index (χ3n) is 3.35. The van der Waals surface area contributed by atoms with Gasteiger partial charge in [-0.3, -0.25) is 0 Å². The number of hydrogen-bond acceptors (Lipinski definition) is 5. The zero-order valence-corrected chi connectivity index (χ0v) is 12.5. The summed E-state index contributed by atoms with van der Waals surface area (Å²) in [4.78, 5) is 24.9. The zero-order valence-electron chi connectivity index (χ0n) is 12.5. The monoisotopic (exact) mass is 348 g/mol. The van der Waals surface area contributed by atoms with Crippen molar-refractivity contribution < 1.29 is 37.3 Å². The lowest BCUT2D eigenvalue weighted by atomic mass is 10.2. The van der Waals surface area contributed by atoms with Crippen molar-refractivity contribution in [3.8, 4) is 5.75 Å². The van der Waals surface area contributed by atoms with Crippen LogP contribution in [0, 0.1) is 0 Å². The van der Waals surface area contributed by atoms with Crippen molar-refractivity contribution in [1.29, 1.82) is 0 Å². The molecule has 0 radical (unpaired) electrons. The second-order valence-corrected chi connectivity index (χ2v) is 5.08. The van der Waals surface area contributed by atoms with Crippen LogP contribution in [-0.2, 0) is 9.53 Å². The van der Waals surface area contributed by atoms with Gasteiger partial charge in [-0.15, -0.1) is 13.2 Å². The van der Waals surface area contributed by atoms with Crippen LogP contribution in [0.4, 0.5) is 23.7 Å². The molecule has 1 aliphatic heterocycles. The van der Waals surface area contributed by atoms with Crippen LogP contribution in [-0.4, -0.2) is 54.2 Å². The molecule has 0 aromatic heterocycles. The number of benzene rings is 1. The maximum Gasteiger partial charge on any atom is 0.573 e. The summed E-state index contributed by atoms with van der Waals surface area (Å²) in [5.74, 6) is -1.08. The minimum Gasteiger partial charge on any atom is -0.467 e. The van der Waals surface area contributed by atoms with Gasteiger partial charge >= 0.3 is 18.4 Å². The van der Waals surface area contributed by atoms with Crippen molar-refractivity contribution in [2.75, 3.05) is 19.0 Å². The normalized spacial score (nSPS) is 20.6. The molecular formula is C14H15F3N2O5. The van der Waals surface area contributed by atoms with Gasteiger partial charge in [-0.25, -0.2) is 9.59 Å². The number of carbonyl (C=O) groups is 2. The summed E-state index contributed by atoms with van der Waals surface area (Å²) in [6.07, 6.45) is -5.61. The van der Waals surface area contributed by atoms with Crippen LogP contribution in [0.3, 0.4) is 0 Å². The largest absolute Gasteiger partial charge is 0.573 e. The molecule has 0 saturated carbocycles. The molecule has 132 valence electrons. The number of aliphatic hydroxyl groups excluding tert-OH is 1. The maximum absolute atomic E-state index is 12.2. The molecular weight excluding hydrogens is 333 g/mol. The SMILES string of the molecule is COC(=O)C1CC(O)CN1C(=O)Nc1ccc(OC(F)(F)F)cc1. The van der Waals surface area contributed by atoms with Crippen molar-refractivity contribution in [1.82, 2.24) is 4.90 Å². The fourth-order valence-corrected chi connectivity index (χ4v) is 2.33. The minimum absolute atomic E-state index is 0.0540. The third kappa shape index (κ3) is 4.51. The van der Waals surface area contributed by atoms with Crippen molar-refractivity contribution in [2.45, 2.75) is 24.9 Å². The molecule has 1 aromatic carbocycles. The summed E-state index contributed by atoms with van der Waals surface area (Å²) >= 11 is 0. The Balaban J connectivity index is 2.02. The Hall–Kier alpha value is -2.49. The molecule has 1 saturated heterocycles. The van der Waals surface area contributed by atoms with Crippen molar-refractivity contribution in [3.05, 3.63) is 24.3 Å². The summed E-state index contributed by atoms with van der Waals surface area (Å²) in [5.41, 5.74) is 0.208. The molecule has 10 heteroatoms. The van der Waals surface area contributed by atoms with Gasteiger partial charge in [0.1, 0.15) is 11.8 Å². The van der Waals surface area contributed by atoms with E-state index >= 15 is 0 Å². The van der Waals surface area contributed by atoms with Crippen LogP contribution >= 0.6 is 0 Å². The highest BCUT2D eigenvalue weighted by Crippen LogP contribution is 2.25. The van der Waals surface area contributed by atoms with E-state index in [1.54, 1.807) is 0 Å². The summed E-state index contributed by atoms with van der Waals surface area (Å²) in [7, 11) is 1.17. The zero-order chi connectivity index (χ0) is 17.9. The number of hydrogen-bond donors (Lipinski definition) is 2. The quantitative estimate of drug-likeness (QED) is 0.812. The molecule has 0 bridgehead atoms. The smallest absolute Gasteiger partial charge is 0.467 e. The lowest BCUT2D eigenvalue weighted by Crippen LogP contribution is -2.43. The van der Waals surface area contributed by atoms with Gasteiger partial charge in [0, 0.05) is 18.7 Å². The van der Waals surface area contributed by atoms with Crippen molar-refractivity contribution >= 4 is 17.7 Å². The van der Waals surface area contributed by atoms with E-state index in [9.17, 15) is 27.9 Å². The molecule has 1 aliphatic rings. The second-order valence-electron chi connectivity index (χ2n) is 5.08. The van der Waals surface area contributed by atoms with E-state index in [2.05, 4.69) is 14.8 Å². The van der Waals surface area contributed by atoms with Crippen LogP contribution in [0.15, 0.2) is 24.3 Å². The Bertz CT molecular complexity index is 605. The summed E-state index contributed by atoms with van der Waals surface area (Å²) < 4.78 is 44.5. The highest BCUT2D eigenvalue weighted by atomic mass is 19.4. The van der Waals surface area contributed by atoms with E-state index in [4.69, 9.17) is 0 Å². The van der Waals surface area contributed by atoms with E-state index in [1.165, 1.54) is 19.2 Å². The fourth-order valence-electron chi connectivity index (χ4n) is 2.33. The number of ether oxygens (including phenoxy) is 2. The first-order chi connectivity index (χ1) is 11.2. The second kappa shape index (κ2) is 6.95. The van der Waals surface area contributed by atoms with Crippen molar-refractivity contribution in [3.63, 3.8) is 0 Å². The van der Waals surface area contributed by atoms with E-state index in [-0.39, 0.29) is 18.7 Å². The molecule has 2 atom stereocenters. The molecule has 2 rings (SSSR count). The highest BCUT2D eigenvalue weighted by molar-refractivity contribution is 5.93. The Morgan fingerprint density at radius 2 is 1.92 bits per heavy atom. The number of esters is 1. The Kier molecular flexibility index (Phi) is 5.17. The minimum atomic E-state index is -4.80. The van der Waals surface area contributed by atoms with Gasteiger partial charge < -0.3 is 24.8 Å². The summed E-state index contributed by atoms with van der Waals surface area (Å²) in [6.45, 7) is -0.0547. The Morgan fingerprint density at radius 3 is 2.46 bits per heavy atom. The van der Waals surface area contributed by atoms with E-state index < -0.39 is 36.3 Å². The topological polar surface area (TPSA) is 88.1 Å². The van der Waals surface area contributed by atoms with Gasteiger partial charge in [0.25, 0.3) is 0 Å². The first-order valence-corrected chi connectivity index (χ1v) is 6.89. The Labute approximate surface area is 134 Å². The molecule has 0 spiro atoms. The van der Waals surface area contributed by atoms with Gasteiger partial charge in [-0.1, -0.05) is 0 Å². The number of nitrogens with zero attached hydrogens (tertiary/aromatic N) is 1. The lowest BCUT2D eigenvalue weighted by molar-refractivity contribution is -0.274. The number of anilines is 1. The first kappa shape index (κ1) is 17.9. The van der Waals surface area contributed by atoms with E-state index in [0.717, 1.165) is 17.0 Å². The number of carbonyl (C=O) groups excluding carboxylic acids is 2. The number of amides is 2. The molecule has 7 nitrogen and oxygen atoms in total. The van der Waals surface area contributed by atoms with Crippen LogP contribution in [0.1, 0.15) is 6.42 Å². The molecule has 24 heavy (non-hydrogen) atoms. The predicted octanol–water partition coefficient (Wildman–Crippen LogP) is 1.73. The number of alkyl halides is 3. The number of rotatable bonds is 3. The number of likely N-dealkylation sites (tertiary alicyclic amines) is 1. The predicted molar refractivity (Wildman–Crippen MR) is 75.3 cm³/mol. The van der Waals surface area contributed by atoms with Gasteiger partial charge in [-0.2, -0.15) is 0 Å². The molecule has 2 N–H and O–H groups in total. The fraction of sp³-hybridized carbons (Fsp3) is 0.429. The summed E-state index contributed by atoms with van der Waals surface area (Å²) in [5, 5.41) is 12.1. The molecule has 0 aliphatic carbocycles. The van der Waals surface area contributed by atoms with E-state index in [1.807, 2.05) is 0 Å². The molecule has 1 fully saturated rings. The standard InChI is InChI=1S/C14H15F3N2O5/c1-23-12(21)11-6-9(20)7-19(11)13(22)18-8-2-4-10(5-3-8)24-14(15,16)17/h2-5,9,11,20H,6-7H2,1H3,(H,18,22). The number of methoxy groups -OCH3 is 1. The van der Waals surface area contributed by atoms with Crippen LogP contribution < -0.4 is 10.1 Å². The summed E-state index contributed by atoms with van der Waals surface area (Å²) in [6, 6.07) is 2.93.